The highest BCUT2D eigenvalue weighted by Crippen LogP contribution is 2.27. The van der Waals surface area contributed by atoms with Gasteiger partial charge < -0.3 is 19.7 Å². The predicted octanol–water partition coefficient (Wildman–Crippen LogP) is 3.24. The van der Waals surface area contributed by atoms with Gasteiger partial charge in [0.15, 0.2) is 17.2 Å². The van der Waals surface area contributed by atoms with Gasteiger partial charge in [-0.2, -0.15) is 0 Å². The van der Waals surface area contributed by atoms with E-state index in [-0.39, 0.29) is 25.6 Å². The summed E-state index contributed by atoms with van der Waals surface area (Å²) < 4.78 is 80.9. The van der Waals surface area contributed by atoms with E-state index in [1.807, 2.05) is 23.7 Å². The molecule has 2 atom stereocenters. The normalized spacial score (nSPS) is 19.0. The van der Waals surface area contributed by atoms with Crippen molar-refractivity contribution in [3.8, 4) is 0 Å². The van der Waals surface area contributed by atoms with Crippen molar-refractivity contribution in [1.29, 1.82) is 0 Å². The van der Waals surface area contributed by atoms with Crippen LogP contribution in [0.25, 0.3) is 0 Å². The maximum atomic E-state index is 15.0. The summed E-state index contributed by atoms with van der Waals surface area (Å²) in [7, 11) is -0.862. The zero-order valence-electron chi connectivity index (χ0n) is 20.7. The van der Waals surface area contributed by atoms with E-state index < -0.39 is 49.8 Å². The lowest BCUT2D eigenvalue weighted by atomic mass is 10.1. The number of amides is 1. The van der Waals surface area contributed by atoms with Crippen LogP contribution in [0.1, 0.15) is 13.3 Å². The summed E-state index contributed by atoms with van der Waals surface area (Å²) in [5.41, 5.74) is -2.03. The molecule has 1 aliphatic rings. The average Bonchev–Trinajstić information content (AvgIpc) is 2.83. The first-order valence-electron chi connectivity index (χ1n) is 11.5. The van der Waals surface area contributed by atoms with Gasteiger partial charge >= 0.3 is 0 Å². The molecule has 1 saturated heterocycles. The average molecular weight is 562 g/mol. The Morgan fingerprint density at radius 1 is 1.14 bits per heavy atom. The molecule has 204 valence electrons. The van der Waals surface area contributed by atoms with Crippen molar-refractivity contribution in [2.45, 2.75) is 34.8 Å². The first-order valence-corrected chi connectivity index (χ1v) is 13.9. The summed E-state index contributed by atoms with van der Waals surface area (Å²) in [6.45, 7) is 2.18. The Bertz CT molecular complexity index is 1170. The molecule has 0 bridgehead atoms. The van der Waals surface area contributed by atoms with Crippen molar-refractivity contribution >= 4 is 33.4 Å². The van der Waals surface area contributed by atoms with Crippen LogP contribution >= 0.6 is 11.8 Å². The molecule has 2 N–H and O–H groups in total. The molecule has 2 aromatic carbocycles. The molecule has 0 aromatic heterocycles. The van der Waals surface area contributed by atoms with Crippen LogP contribution in [-0.4, -0.2) is 77.1 Å². The summed E-state index contributed by atoms with van der Waals surface area (Å²) in [5, 5.41) is 2.84. The van der Waals surface area contributed by atoms with E-state index in [0.717, 1.165) is 4.90 Å². The molecular formula is C24H30F3N3O5S2. The van der Waals surface area contributed by atoms with Gasteiger partial charge in [-0.15, -0.1) is 11.8 Å². The lowest BCUT2D eigenvalue weighted by Gasteiger charge is -2.31. The fourth-order valence-electron chi connectivity index (χ4n) is 3.44. The molecule has 0 unspecified atom stereocenters. The molecular weight excluding hydrogens is 531 g/mol. The predicted molar refractivity (Wildman–Crippen MR) is 135 cm³/mol. The van der Waals surface area contributed by atoms with Crippen LogP contribution in [0.4, 0.5) is 18.9 Å². The second-order valence-electron chi connectivity index (χ2n) is 9.03. The van der Waals surface area contributed by atoms with Gasteiger partial charge in [-0.25, -0.2) is 26.3 Å². The quantitative estimate of drug-likeness (QED) is 0.404. The molecule has 1 amide bonds. The van der Waals surface area contributed by atoms with E-state index in [4.69, 9.17) is 9.47 Å². The second-order valence-corrected chi connectivity index (χ2v) is 11.8. The maximum absolute atomic E-state index is 15.0. The number of rotatable bonds is 11. The number of anilines is 1. The van der Waals surface area contributed by atoms with Crippen molar-refractivity contribution in [2.75, 3.05) is 51.5 Å². The molecule has 0 spiro atoms. The van der Waals surface area contributed by atoms with Gasteiger partial charge in [-0.1, -0.05) is 0 Å². The van der Waals surface area contributed by atoms with Crippen molar-refractivity contribution in [2.24, 2.45) is 0 Å². The molecule has 2 aromatic rings. The Morgan fingerprint density at radius 3 is 2.35 bits per heavy atom. The first-order chi connectivity index (χ1) is 17.4. The highest BCUT2D eigenvalue weighted by Gasteiger charge is 2.39. The summed E-state index contributed by atoms with van der Waals surface area (Å²) >= 11 is 1.39. The zero-order chi connectivity index (χ0) is 27.2. The van der Waals surface area contributed by atoms with Crippen LogP contribution in [-0.2, 0) is 24.3 Å². The fourth-order valence-corrected chi connectivity index (χ4v) is 5.51. The molecule has 37 heavy (non-hydrogen) atoms. The largest absolute Gasteiger partial charge is 0.377 e. The number of hydrogen-bond donors (Lipinski definition) is 2. The standard InChI is InChI=1S/C24H30F3N3O5S2/c1-24(15-34-10-11-35-24)23(31)29-37(32,33)19-12-20(26)22(21(27)13-19)28-17(8-9-30(2)3)14-36-18-6-4-16(25)5-7-18/h4-7,12-13,17,28H,8-11,14-15H2,1-3H3,(H,29,31)/t17-,24-/m1/s1. The number of nitrogens with zero attached hydrogens (tertiary/aromatic N) is 1. The Labute approximate surface area is 218 Å². The van der Waals surface area contributed by atoms with Crippen LogP contribution in [0.3, 0.4) is 0 Å². The lowest BCUT2D eigenvalue weighted by Crippen LogP contribution is -2.54. The lowest BCUT2D eigenvalue weighted by molar-refractivity contribution is -0.171. The number of benzene rings is 2. The van der Waals surface area contributed by atoms with E-state index in [9.17, 15) is 26.4 Å². The molecule has 0 saturated carbocycles. The first kappa shape index (κ1) is 29.2. The van der Waals surface area contributed by atoms with Crippen molar-refractivity contribution in [3.05, 3.63) is 53.8 Å². The van der Waals surface area contributed by atoms with Crippen molar-refractivity contribution < 1.29 is 35.9 Å². The highest BCUT2D eigenvalue weighted by atomic mass is 32.2. The number of thioether (sulfide) groups is 1. The molecule has 3 rings (SSSR count). The van der Waals surface area contributed by atoms with Gasteiger partial charge in [0.2, 0.25) is 0 Å². The van der Waals surface area contributed by atoms with Gasteiger partial charge in [-0.05, 0) is 70.4 Å². The topological polar surface area (TPSA) is 97.0 Å². The number of nitrogens with one attached hydrogen (secondary N) is 2. The molecule has 1 heterocycles. The van der Waals surface area contributed by atoms with Crippen LogP contribution < -0.4 is 10.0 Å². The third-order valence-corrected chi connectivity index (χ3v) is 8.08. The monoisotopic (exact) mass is 561 g/mol. The molecule has 0 radical (unpaired) electrons. The number of hydrogen-bond acceptors (Lipinski definition) is 8. The number of halogens is 3. The van der Waals surface area contributed by atoms with Crippen LogP contribution in [0.5, 0.6) is 0 Å². The van der Waals surface area contributed by atoms with Crippen molar-refractivity contribution in [1.82, 2.24) is 9.62 Å². The zero-order valence-corrected chi connectivity index (χ0v) is 22.4. The smallest absolute Gasteiger partial charge is 0.268 e. The highest BCUT2D eigenvalue weighted by molar-refractivity contribution is 7.99. The Morgan fingerprint density at radius 2 is 1.78 bits per heavy atom. The number of carbonyl (C=O) groups is 1. The summed E-state index contributed by atoms with van der Waals surface area (Å²) in [6, 6.07) is 6.79. The number of carbonyl (C=O) groups excluding carboxylic acids is 1. The SMILES string of the molecule is CN(C)CC[C@H](CSc1ccc(F)cc1)Nc1c(F)cc(S(=O)(=O)NC(=O)[C@@]2(C)COCCO2)cc1F. The second kappa shape index (κ2) is 12.5. The molecule has 0 aliphatic carbocycles. The fraction of sp³-hybridized carbons (Fsp3) is 0.458. The van der Waals surface area contributed by atoms with E-state index in [1.165, 1.54) is 30.8 Å². The molecule has 13 heteroatoms. The van der Waals surface area contributed by atoms with Crippen LogP contribution in [0.15, 0.2) is 46.2 Å². The molecule has 1 aliphatic heterocycles. The minimum absolute atomic E-state index is 0.0992. The Balaban J connectivity index is 1.75. The summed E-state index contributed by atoms with van der Waals surface area (Å²) in [4.78, 5) is 14.5. The molecule has 8 nitrogen and oxygen atoms in total. The van der Waals surface area contributed by atoms with Gasteiger partial charge in [0, 0.05) is 16.7 Å². The van der Waals surface area contributed by atoms with Gasteiger partial charge in [0.25, 0.3) is 15.9 Å². The van der Waals surface area contributed by atoms with E-state index in [0.29, 0.717) is 30.9 Å². The Hall–Kier alpha value is -2.32. The van der Waals surface area contributed by atoms with Gasteiger partial charge in [0.1, 0.15) is 11.5 Å². The summed E-state index contributed by atoms with van der Waals surface area (Å²) in [6.07, 6.45) is 0.525. The van der Waals surface area contributed by atoms with Gasteiger partial charge in [-0.3, -0.25) is 4.79 Å². The Kier molecular flexibility index (Phi) is 9.86. The third kappa shape index (κ3) is 8.08. The number of ether oxygens (including phenoxy) is 2. The number of sulfonamides is 1. The van der Waals surface area contributed by atoms with Crippen LogP contribution in [0, 0.1) is 17.5 Å². The van der Waals surface area contributed by atoms with Crippen LogP contribution in [0.2, 0.25) is 0 Å². The molecule has 1 fully saturated rings. The van der Waals surface area contributed by atoms with E-state index >= 15 is 0 Å². The van der Waals surface area contributed by atoms with Crippen molar-refractivity contribution in [3.63, 3.8) is 0 Å². The minimum Gasteiger partial charge on any atom is -0.377 e. The minimum atomic E-state index is -4.59. The van der Waals surface area contributed by atoms with E-state index in [2.05, 4.69) is 5.32 Å². The maximum Gasteiger partial charge on any atom is 0.268 e. The summed E-state index contributed by atoms with van der Waals surface area (Å²) in [5.74, 6) is -3.21. The van der Waals surface area contributed by atoms with Gasteiger partial charge in [0.05, 0.1) is 24.7 Å². The third-order valence-electron chi connectivity index (χ3n) is 5.60. The van der Waals surface area contributed by atoms with E-state index in [1.54, 1.807) is 12.1 Å².